The van der Waals surface area contributed by atoms with Crippen molar-refractivity contribution < 1.29 is 28.6 Å². The van der Waals surface area contributed by atoms with Crippen LogP contribution < -0.4 is 0 Å². The van der Waals surface area contributed by atoms with Crippen molar-refractivity contribution in [2.75, 3.05) is 13.7 Å². The Hall–Kier alpha value is -1.69. The zero-order valence-corrected chi connectivity index (χ0v) is 12.1. The fourth-order valence-electron chi connectivity index (χ4n) is 3.83. The molecule has 0 aromatic rings. The van der Waals surface area contributed by atoms with Gasteiger partial charge in [-0.2, -0.15) is 0 Å². The molecule has 0 amide bonds. The standard InChI is InChI=1S/C15H18O6/c1-3-15-9-4-8(16)5-11(19-2)14(9)10(17)6-12(15)20-7-13(18)21-15/h6,9,11,14H,3-5,7H2,1-2H3/t9-,11+,14+,15-/m0/s1. The number of hydrogen-bond donors (Lipinski definition) is 0. The van der Waals surface area contributed by atoms with Gasteiger partial charge in [0.05, 0.1) is 12.0 Å². The second-order valence-corrected chi connectivity index (χ2v) is 5.77. The Morgan fingerprint density at radius 3 is 2.76 bits per heavy atom. The molecule has 0 aromatic heterocycles. The van der Waals surface area contributed by atoms with Crippen molar-refractivity contribution in [2.24, 2.45) is 11.8 Å². The van der Waals surface area contributed by atoms with Gasteiger partial charge in [0, 0.05) is 31.9 Å². The minimum absolute atomic E-state index is 0.0200. The van der Waals surface area contributed by atoms with E-state index in [1.54, 1.807) is 0 Å². The number of carbonyl (C=O) groups is 3. The molecule has 0 radical (unpaired) electrons. The van der Waals surface area contributed by atoms with Crippen LogP contribution >= 0.6 is 0 Å². The van der Waals surface area contributed by atoms with Gasteiger partial charge in [0.1, 0.15) is 11.5 Å². The average Bonchev–Trinajstić information content (AvgIpc) is 2.47. The maximum atomic E-state index is 12.4. The van der Waals surface area contributed by atoms with Crippen LogP contribution in [0.3, 0.4) is 0 Å². The van der Waals surface area contributed by atoms with Crippen molar-refractivity contribution in [3.05, 3.63) is 11.8 Å². The number of rotatable bonds is 2. The highest BCUT2D eigenvalue weighted by molar-refractivity contribution is 5.97. The SMILES string of the molecule is CC[C@@]12OC(=O)COC1=CC(=O)[C@@H]1[C@H](OC)CC(=O)C[C@@H]12. The number of fused-ring (bicyclic) bond motifs is 3. The van der Waals surface area contributed by atoms with Gasteiger partial charge in [0.25, 0.3) is 0 Å². The van der Waals surface area contributed by atoms with E-state index in [-0.39, 0.29) is 31.0 Å². The fourth-order valence-corrected chi connectivity index (χ4v) is 3.83. The van der Waals surface area contributed by atoms with Gasteiger partial charge in [-0.05, 0) is 6.42 Å². The minimum Gasteiger partial charge on any atom is -0.482 e. The maximum Gasteiger partial charge on any atom is 0.345 e. The van der Waals surface area contributed by atoms with Crippen LogP contribution in [-0.2, 0) is 28.6 Å². The van der Waals surface area contributed by atoms with E-state index in [0.717, 1.165) is 0 Å². The number of carbonyl (C=O) groups excluding carboxylic acids is 3. The first-order valence-electron chi connectivity index (χ1n) is 7.17. The van der Waals surface area contributed by atoms with Crippen molar-refractivity contribution in [3.8, 4) is 0 Å². The van der Waals surface area contributed by atoms with Gasteiger partial charge in [-0.25, -0.2) is 4.79 Å². The molecule has 1 heterocycles. The summed E-state index contributed by atoms with van der Waals surface area (Å²) in [7, 11) is 1.49. The molecule has 1 saturated carbocycles. The van der Waals surface area contributed by atoms with E-state index in [1.165, 1.54) is 13.2 Å². The van der Waals surface area contributed by atoms with Crippen molar-refractivity contribution >= 4 is 17.5 Å². The number of ether oxygens (including phenoxy) is 3. The molecule has 2 aliphatic carbocycles. The first kappa shape index (κ1) is 14.3. The predicted molar refractivity (Wildman–Crippen MR) is 70.2 cm³/mol. The molecule has 3 rings (SSSR count). The molecule has 4 atom stereocenters. The molecule has 0 spiro atoms. The van der Waals surface area contributed by atoms with Crippen molar-refractivity contribution in [2.45, 2.75) is 37.9 Å². The van der Waals surface area contributed by atoms with E-state index in [1.807, 2.05) is 6.92 Å². The molecule has 21 heavy (non-hydrogen) atoms. The van der Waals surface area contributed by atoms with Gasteiger partial charge in [0.15, 0.2) is 18.0 Å². The molecule has 6 heteroatoms. The topological polar surface area (TPSA) is 78.9 Å². The Morgan fingerprint density at radius 2 is 2.10 bits per heavy atom. The van der Waals surface area contributed by atoms with Crippen LogP contribution in [0.15, 0.2) is 11.8 Å². The lowest BCUT2D eigenvalue weighted by Crippen LogP contribution is -2.60. The largest absolute Gasteiger partial charge is 0.482 e. The molecule has 3 aliphatic rings. The number of esters is 1. The average molecular weight is 294 g/mol. The Balaban J connectivity index is 2.09. The van der Waals surface area contributed by atoms with Gasteiger partial charge in [-0.15, -0.1) is 0 Å². The van der Waals surface area contributed by atoms with E-state index in [4.69, 9.17) is 14.2 Å². The summed E-state index contributed by atoms with van der Waals surface area (Å²) in [5, 5.41) is 0. The highest BCUT2D eigenvalue weighted by atomic mass is 16.6. The number of hydrogen-bond acceptors (Lipinski definition) is 6. The molecule has 0 aromatic carbocycles. The van der Waals surface area contributed by atoms with Crippen molar-refractivity contribution in [1.82, 2.24) is 0 Å². The quantitative estimate of drug-likeness (QED) is 0.700. The Kier molecular flexibility index (Phi) is 3.36. The highest BCUT2D eigenvalue weighted by Gasteiger charge is 2.59. The Morgan fingerprint density at radius 1 is 1.33 bits per heavy atom. The van der Waals surface area contributed by atoms with Gasteiger partial charge < -0.3 is 14.2 Å². The van der Waals surface area contributed by atoms with Gasteiger partial charge in [0.2, 0.25) is 0 Å². The third-order valence-corrected chi connectivity index (χ3v) is 4.80. The maximum absolute atomic E-state index is 12.4. The highest BCUT2D eigenvalue weighted by Crippen LogP contribution is 2.49. The summed E-state index contributed by atoms with van der Waals surface area (Å²) >= 11 is 0. The molecular weight excluding hydrogens is 276 g/mol. The van der Waals surface area contributed by atoms with Gasteiger partial charge >= 0.3 is 5.97 Å². The lowest BCUT2D eigenvalue weighted by Gasteiger charge is -2.50. The second kappa shape index (κ2) is 4.94. The van der Waals surface area contributed by atoms with Crippen molar-refractivity contribution in [1.29, 1.82) is 0 Å². The van der Waals surface area contributed by atoms with E-state index in [2.05, 4.69) is 0 Å². The first-order valence-corrected chi connectivity index (χ1v) is 7.17. The minimum atomic E-state index is -1.01. The molecular formula is C15H18O6. The molecule has 0 unspecified atom stereocenters. The Labute approximate surface area is 122 Å². The summed E-state index contributed by atoms with van der Waals surface area (Å²) in [5.74, 6) is -1.06. The summed E-state index contributed by atoms with van der Waals surface area (Å²) < 4.78 is 16.4. The molecule has 6 nitrogen and oxygen atoms in total. The Bertz CT molecular complexity index is 536. The number of Topliss-reactive ketones (excluding diaryl/α,β-unsaturated/α-hetero) is 1. The summed E-state index contributed by atoms with van der Waals surface area (Å²) in [6, 6.07) is 0. The third-order valence-electron chi connectivity index (χ3n) is 4.80. The monoisotopic (exact) mass is 294 g/mol. The van der Waals surface area contributed by atoms with Crippen LogP contribution in [0, 0.1) is 11.8 Å². The lowest BCUT2D eigenvalue weighted by molar-refractivity contribution is -0.199. The second-order valence-electron chi connectivity index (χ2n) is 5.77. The lowest BCUT2D eigenvalue weighted by atomic mass is 9.62. The first-order chi connectivity index (χ1) is 10.0. The molecule has 0 bridgehead atoms. The van der Waals surface area contributed by atoms with Crippen molar-refractivity contribution in [3.63, 3.8) is 0 Å². The van der Waals surface area contributed by atoms with E-state index in [9.17, 15) is 14.4 Å². The molecule has 114 valence electrons. The van der Waals surface area contributed by atoms with Crippen LogP contribution in [-0.4, -0.2) is 43.0 Å². The number of methoxy groups -OCH3 is 1. The molecule has 1 aliphatic heterocycles. The normalized spacial score (nSPS) is 38.9. The van der Waals surface area contributed by atoms with E-state index < -0.39 is 29.5 Å². The summed E-state index contributed by atoms with van der Waals surface area (Å²) in [4.78, 5) is 36.1. The van der Waals surface area contributed by atoms with Crippen LogP contribution in [0.1, 0.15) is 26.2 Å². The zero-order valence-electron chi connectivity index (χ0n) is 12.1. The summed E-state index contributed by atoms with van der Waals surface area (Å²) in [5.41, 5.74) is -1.01. The third kappa shape index (κ3) is 2.00. The van der Waals surface area contributed by atoms with Crippen LogP contribution in [0.4, 0.5) is 0 Å². The van der Waals surface area contributed by atoms with Crippen LogP contribution in [0.25, 0.3) is 0 Å². The van der Waals surface area contributed by atoms with Gasteiger partial charge in [-0.1, -0.05) is 6.92 Å². The summed E-state index contributed by atoms with van der Waals surface area (Å²) in [6.07, 6.45) is 1.84. The molecule has 2 fully saturated rings. The van der Waals surface area contributed by atoms with Gasteiger partial charge in [-0.3, -0.25) is 9.59 Å². The molecule has 0 N–H and O–H groups in total. The smallest absolute Gasteiger partial charge is 0.345 e. The van der Waals surface area contributed by atoms with E-state index in [0.29, 0.717) is 12.2 Å². The van der Waals surface area contributed by atoms with Crippen LogP contribution in [0.2, 0.25) is 0 Å². The number of allylic oxidation sites excluding steroid dienone is 1. The van der Waals surface area contributed by atoms with Crippen LogP contribution in [0.5, 0.6) is 0 Å². The zero-order chi connectivity index (χ0) is 15.2. The fraction of sp³-hybridized carbons (Fsp3) is 0.667. The number of ketones is 2. The molecule has 1 saturated heterocycles. The van der Waals surface area contributed by atoms with E-state index >= 15 is 0 Å². The predicted octanol–water partition coefficient (Wildman–Crippen LogP) is 0.785. The summed E-state index contributed by atoms with van der Waals surface area (Å²) in [6.45, 7) is 1.67.